The zero-order chi connectivity index (χ0) is 17.7. The van der Waals surface area contributed by atoms with Crippen LogP contribution in [0.3, 0.4) is 0 Å². The van der Waals surface area contributed by atoms with Gasteiger partial charge in [0.25, 0.3) is 5.91 Å². The molecule has 1 aromatic heterocycles. The average molecular weight is 410 g/mol. The van der Waals surface area contributed by atoms with E-state index in [2.05, 4.69) is 21.2 Å². The lowest BCUT2D eigenvalue weighted by atomic mass is 10.2. The summed E-state index contributed by atoms with van der Waals surface area (Å²) in [6, 6.07) is 8.52. The molecule has 0 fully saturated rings. The normalized spacial score (nSPS) is 10.3. The van der Waals surface area contributed by atoms with Crippen LogP contribution < -0.4 is 5.32 Å². The van der Waals surface area contributed by atoms with Crippen molar-refractivity contribution in [3.63, 3.8) is 0 Å². The molecule has 7 heteroatoms. The number of nitrogens with one attached hydrogen (secondary N) is 1. The van der Waals surface area contributed by atoms with Gasteiger partial charge in [0, 0.05) is 25.4 Å². The van der Waals surface area contributed by atoms with Gasteiger partial charge in [0.1, 0.15) is 6.54 Å². The number of esters is 1. The monoisotopic (exact) mass is 409 g/mol. The Morgan fingerprint density at radius 3 is 2.42 bits per heavy atom. The number of ether oxygens (including phenoxy) is 1. The molecule has 24 heavy (non-hydrogen) atoms. The molecular weight excluding hydrogens is 394 g/mol. The smallest absolute Gasteiger partial charge is 0.325 e. The van der Waals surface area contributed by atoms with Crippen molar-refractivity contribution in [1.29, 1.82) is 0 Å². The van der Waals surface area contributed by atoms with E-state index < -0.39 is 5.97 Å². The lowest BCUT2D eigenvalue weighted by Crippen LogP contribution is -2.31. The molecule has 5 nitrogen and oxygen atoms in total. The number of benzene rings is 1. The second-order valence-corrected chi connectivity index (χ2v) is 7.48. The van der Waals surface area contributed by atoms with Crippen LogP contribution >= 0.6 is 27.3 Å². The van der Waals surface area contributed by atoms with Crippen LogP contribution in [0, 0.1) is 13.8 Å². The van der Waals surface area contributed by atoms with Crippen LogP contribution in [0.4, 0.5) is 0 Å². The Bertz CT molecular complexity index is 767. The summed E-state index contributed by atoms with van der Waals surface area (Å²) >= 11 is 4.80. The zero-order valence-electron chi connectivity index (χ0n) is 13.2. The Morgan fingerprint density at radius 2 is 1.83 bits per heavy atom. The van der Waals surface area contributed by atoms with E-state index in [0.717, 1.165) is 14.2 Å². The van der Waals surface area contributed by atoms with Gasteiger partial charge in [-0.15, -0.1) is 11.3 Å². The summed E-state index contributed by atoms with van der Waals surface area (Å²) in [6.07, 6.45) is 0. The third kappa shape index (κ3) is 5.01. The first-order valence-electron chi connectivity index (χ1n) is 7.16. The summed E-state index contributed by atoms with van der Waals surface area (Å²) in [7, 11) is 0. The van der Waals surface area contributed by atoms with E-state index in [1.807, 2.05) is 13.8 Å². The van der Waals surface area contributed by atoms with Crippen LogP contribution in [0.25, 0.3) is 0 Å². The van der Waals surface area contributed by atoms with Crippen molar-refractivity contribution in [3.05, 3.63) is 55.7 Å². The number of rotatable bonds is 6. The van der Waals surface area contributed by atoms with Crippen molar-refractivity contribution < 1.29 is 19.1 Å². The van der Waals surface area contributed by atoms with Crippen LogP contribution in [-0.4, -0.2) is 30.8 Å². The van der Waals surface area contributed by atoms with E-state index in [9.17, 15) is 14.4 Å². The summed E-state index contributed by atoms with van der Waals surface area (Å²) < 4.78 is 5.78. The van der Waals surface area contributed by atoms with E-state index in [4.69, 9.17) is 4.74 Å². The number of hydrogen-bond acceptors (Lipinski definition) is 5. The molecule has 2 aromatic rings. The van der Waals surface area contributed by atoms with Gasteiger partial charge in [-0.2, -0.15) is 0 Å². The van der Waals surface area contributed by atoms with Crippen molar-refractivity contribution in [2.24, 2.45) is 0 Å². The fourth-order valence-corrected chi connectivity index (χ4v) is 3.25. The largest absolute Gasteiger partial charge is 0.456 e. The highest BCUT2D eigenvalue weighted by atomic mass is 79.9. The molecule has 0 saturated heterocycles. The lowest BCUT2D eigenvalue weighted by Gasteiger charge is -2.06. The van der Waals surface area contributed by atoms with Crippen LogP contribution in [0.5, 0.6) is 0 Å². The van der Waals surface area contributed by atoms with Crippen molar-refractivity contribution in [1.82, 2.24) is 5.32 Å². The molecule has 0 radical (unpaired) electrons. The third-order valence-corrected chi connectivity index (χ3v) is 4.70. The van der Waals surface area contributed by atoms with Gasteiger partial charge in [0.15, 0.2) is 6.61 Å². The maximum atomic E-state index is 12.0. The molecule has 0 aliphatic rings. The highest BCUT2D eigenvalue weighted by Gasteiger charge is 2.15. The number of amides is 1. The van der Waals surface area contributed by atoms with Crippen LogP contribution in [0.15, 0.2) is 34.8 Å². The molecule has 1 amide bonds. The number of ketones is 1. The molecule has 2 rings (SSSR count). The number of carbonyl (C=O) groups is 3. The standard InChI is InChI=1S/C17H16BrNO4S/c1-10-7-14(11(2)24-10)15(20)9-23-16(21)8-19-17(22)12-3-5-13(18)6-4-12/h3-7H,8-9H2,1-2H3,(H,19,22). The molecule has 126 valence electrons. The molecule has 0 unspecified atom stereocenters. The van der Waals surface area contributed by atoms with Gasteiger partial charge in [-0.25, -0.2) is 0 Å². The number of Topliss-reactive ketones (excluding diaryl/α,β-unsaturated/α-hetero) is 1. The Kier molecular flexibility index (Phi) is 6.28. The number of halogens is 1. The lowest BCUT2D eigenvalue weighted by molar-refractivity contribution is -0.141. The van der Waals surface area contributed by atoms with E-state index in [0.29, 0.717) is 11.1 Å². The van der Waals surface area contributed by atoms with Gasteiger partial charge in [-0.1, -0.05) is 15.9 Å². The molecule has 1 heterocycles. The molecule has 0 atom stereocenters. The fraction of sp³-hybridized carbons (Fsp3) is 0.235. The average Bonchev–Trinajstić information content (AvgIpc) is 2.89. The molecule has 1 N–H and O–H groups in total. The number of aryl methyl sites for hydroxylation is 2. The van der Waals surface area contributed by atoms with Gasteiger partial charge in [0.2, 0.25) is 5.78 Å². The fourth-order valence-electron chi connectivity index (χ4n) is 2.04. The third-order valence-electron chi connectivity index (χ3n) is 3.21. The van der Waals surface area contributed by atoms with Gasteiger partial charge >= 0.3 is 5.97 Å². The quantitative estimate of drug-likeness (QED) is 0.586. The van der Waals surface area contributed by atoms with Crippen molar-refractivity contribution >= 4 is 44.9 Å². The topological polar surface area (TPSA) is 72.5 Å². The van der Waals surface area contributed by atoms with E-state index in [1.165, 1.54) is 11.3 Å². The summed E-state index contributed by atoms with van der Waals surface area (Å²) in [5.41, 5.74) is 1.01. The number of carbonyl (C=O) groups excluding carboxylic acids is 3. The minimum absolute atomic E-state index is 0.246. The van der Waals surface area contributed by atoms with Crippen LogP contribution in [-0.2, 0) is 9.53 Å². The molecule has 0 spiro atoms. The van der Waals surface area contributed by atoms with Crippen molar-refractivity contribution in [2.45, 2.75) is 13.8 Å². The first-order chi connectivity index (χ1) is 11.4. The summed E-state index contributed by atoms with van der Waals surface area (Å²) in [5, 5.41) is 2.46. The van der Waals surface area contributed by atoms with Crippen molar-refractivity contribution in [3.8, 4) is 0 Å². The molecule has 0 aliphatic heterocycles. The Labute approximate surface area is 152 Å². The Morgan fingerprint density at radius 1 is 1.17 bits per heavy atom. The van der Waals surface area contributed by atoms with Gasteiger partial charge < -0.3 is 10.1 Å². The van der Waals surface area contributed by atoms with Gasteiger partial charge in [0.05, 0.1) is 0 Å². The van der Waals surface area contributed by atoms with E-state index in [-0.39, 0.29) is 24.8 Å². The minimum atomic E-state index is -0.654. The second kappa shape index (κ2) is 8.21. The summed E-state index contributed by atoms with van der Waals surface area (Å²) in [4.78, 5) is 37.5. The summed E-state index contributed by atoms with van der Waals surface area (Å²) in [6.45, 7) is 3.15. The van der Waals surface area contributed by atoms with E-state index in [1.54, 1.807) is 30.3 Å². The predicted octanol–water partition coefficient (Wildman–Crippen LogP) is 3.28. The first-order valence-corrected chi connectivity index (χ1v) is 8.77. The molecule has 0 aliphatic carbocycles. The van der Waals surface area contributed by atoms with Crippen molar-refractivity contribution in [2.75, 3.05) is 13.2 Å². The Hall–Kier alpha value is -1.99. The first kappa shape index (κ1) is 18.4. The SMILES string of the molecule is Cc1cc(C(=O)COC(=O)CNC(=O)c2ccc(Br)cc2)c(C)s1. The van der Waals surface area contributed by atoms with Gasteiger partial charge in [-0.05, 0) is 44.2 Å². The molecule has 0 bridgehead atoms. The van der Waals surface area contributed by atoms with E-state index >= 15 is 0 Å². The summed E-state index contributed by atoms with van der Waals surface area (Å²) in [5.74, 6) is -1.28. The Balaban J connectivity index is 1.79. The van der Waals surface area contributed by atoms with Crippen LogP contribution in [0.2, 0.25) is 0 Å². The highest BCUT2D eigenvalue weighted by Crippen LogP contribution is 2.20. The number of thiophene rings is 1. The number of hydrogen-bond donors (Lipinski definition) is 1. The maximum Gasteiger partial charge on any atom is 0.325 e. The zero-order valence-corrected chi connectivity index (χ0v) is 15.6. The maximum absolute atomic E-state index is 12.0. The molecule has 1 aromatic carbocycles. The highest BCUT2D eigenvalue weighted by molar-refractivity contribution is 9.10. The second-order valence-electron chi connectivity index (χ2n) is 5.10. The minimum Gasteiger partial charge on any atom is -0.456 e. The van der Waals surface area contributed by atoms with Gasteiger partial charge in [-0.3, -0.25) is 14.4 Å². The molecule has 0 saturated carbocycles. The molecular formula is C17H16BrNO4S. The van der Waals surface area contributed by atoms with Crippen LogP contribution in [0.1, 0.15) is 30.5 Å². The predicted molar refractivity (Wildman–Crippen MR) is 95.6 cm³/mol.